The second-order valence-corrected chi connectivity index (χ2v) is 9.11. The summed E-state index contributed by atoms with van der Waals surface area (Å²) in [6, 6.07) is 17.9. The number of hydrogen-bond donors (Lipinski definition) is 2. The number of rotatable bonds is 8. The van der Waals surface area contributed by atoms with Crippen molar-refractivity contribution >= 4 is 29.1 Å². The lowest BCUT2D eigenvalue weighted by molar-refractivity contribution is 0.0785. The first kappa shape index (κ1) is 26.6. The molecule has 0 aliphatic heterocycles. The Bertz CT molecular complexity index is 1450. The highest BCUT2D eigenvalue weighted by Crippen LogP contribution is 2.33. The summed E-state index contributed by atoms with van der Waals surface area (Å²) in [6.07, 6.45) is 0. The molecule has 1 heterocycles. The van der Waals surface area contributed by atoms with Crippen molar-refractivity contribution in [3.05, 3.63) is 99.9 Å². The molecule has 2 amide bonds. The molecule has 0 aliphatic rings. The van der Waals surface area contributed by atoms with Gasteiger partial charge in [0, 0.05) is 37.0 Å². The van der Waals surface area contributed by atoms with Gasteiger partial charge in [-0.2, -0.15) is 0 Å². The molecule has 0 radical (unpaired) electrons. The average Bonchev–Trinajstić information content (AvgIpc) is 3.33. The third kappa shape index (κ3) is 5.90. The molecule has 0 atom stereocenters. The number of phenolic OH excluding ortho intramolecular Hbond substituents is 2. The lowest BCUT2D eigenvalue weighted by Crippen LogP contribution is -2.30. The molecular formula is C28H26ClN3O6. The summed E-state index contributed by atoms with van der Waals surface area (Å²) < 4.78 is 10.5. The Morgan fingerprint density at radius 1 is 0.947 bits per heavy atom. The van der Waals surface area contributed by atoms with Crippen molar-refractivity contribution in [2.75, 3.05) is 19.1 Å². The van der Waals surface area contributed by atoms with E-state index in [1.165, 1.54) is 11.0 Å². The van der Waals surface area contributed by atoms with Gasteiger partial charge in [0.15, 0.2) is 5.76 Å². The lowest BCUT2D eigenvalue weighted by Gasteiger charge is -2.23. The molecule has 38 heavy (non-hydrogen) atoms. The van der Waals surface area contributed by atoms with Crippen molar-refractivity contribution in [2.45, 2.75) is 20.0 Å². The van der Waals surface area contributed by atoms with Gasteiger partial charge in [0.2, 0.25) is 0 Å². The number of carbonyl (C=O) groups excluding carboxylic acids is 2. The number of benzene rings is 3. The van der Waals surface area contributed by atoms with Crippen molar-refractivity contribution < 1.29 is 29.1 Å². The van der Waals surface area contributed by atoms with E-state index in [4.69, 9.17) is 20.9 Å². The summed E-state index contributed by atoms with van der Waals surface area (Å²) in [4.78, 5) is 29.5. The molecule has 9 nitrogen and oxygen atoms in total. The molecule has 0 bridgehead atoms. The number of phenols is 2. The van der Waals surface area contributed by atoms with Crippen molar-refractivity contribution in [3.8, 4) is 17.2 Å². The summed E-state index contributed by atoms with van der Waals surface area (Å²) in [5.41, 5.74) is 2.36. The third-order valence-corrected chi connectivity index (χ3v) is 6.19. The number of ether oxygens (including phenoxy) is 1. The predicted octanol–water partition coefficient (Wildman–Crippen LogP) is 5.18. The van der Waals surface area contributed by atoms with Crippen LogP contribution in [0.3, 0.4) is 0 Å². The molecule has 0 saturated heterocycles. The number of carbonyl (C=O) groups is 2. The van der Waals surface area contributed by atoms with E-state index in [9.17, 15) is 19.8 Å². The van der Waals surface area contributed by atoms with Gasteiger partial charge in [-0.3, -0.25) is 9.59 Å². The van der Waals surface area contributed by atoms with Crippen LogP contribution in [0.25, 0.3) is 0 Å². The number of nitrogens with zero attached hydrogens (tertiary/aromatic N) is 3. The topological polar surface area (TPSA) is 116 Å². The Hall–Kier alpha value is -4.50. The van der Waals surface area contributed by atoms with E-state index >= 15 is 0 Å². The molecule has 1 aromatic heterocycles. The van der Waals surface area contributed by atoms with Crippen LogP contribution in [0.15, 0.2) is 71.3 Å². The Morgan fingerprint density at radius 3 is 2.24 bits per heavy atom. The first-order valence-electron chi connectivity index (χ1n) is 11.6. The molecular weight excluding hydrogens is 510 g/mol. The molecule has 196 valence electrons. The highest BCUT2D eigenvalue weighted by atomic mass is 35.5. The molecule has 0 fully saturated rings. The van der Waals surface area contributed by atoms with Crippen LogP contribution in [0, 0.1) is 6.92 Å². The normalized spacial score (nSPS) is 10.7. The predicted molar refractivity (Wildman–Crippen MR) is 142 cm³/mol. The Balaban J connectivity index is 1.58. The summed E-state index contributed by atoms with van der Waals surface area (Å²) in [5, 5.41) is 23.9. The standard InChI is InChI=1S/C28H26ClN3O6/c1-17-12-22(38-30-17)16-32(28(36)23-13-24(29)26(34)14-25(23)33)20-8-6-19(7-9-20)27(35)31(2)15-18-4-10-21(37-3)11-5-18/h4-14,33-34H,15-16H2,1-3H3. The van der Waals surface area contributed by atoms with E-state index in [1.54, 1.807) is 56.3 Å². The maximum atomic E-state index is 13.5. The maximum absolute atomic E-state index is 13.5. The first-order chi connectivity index (χ1) is 18.2. The minimum Gasteiger partial charge on any atom is -0.507 e. The summed E-state index contributed by atoms with van der Waals surface area (Å²) in [5.74, 6) is -0.407. The van der Waals surface area contributed by atoms with Crippen molar-refractivity contribution in [1.82, 2.24) is 10.1 Å². The van der Waals surface area contributed by atoms with Crippen molar-refractivity contribution in [3.63, 3.8) is 0 Å². The van der Waals surface area contributed by atoms with Crippen LogP contribution in [0.5, 0.6) is 17.2 Å². The first-order valence-corrected chi connectivity index (χ1v) is 12.0. The van der Waals surface area contributed by atoms with Gasteiger partial charge in [-0.1, -0.05) is 28.9 Å². The van der Waals surface area contributed by atoms with Crippen LogP contribution in [-0.2, 0) is 13.1 Å². The molecule has 10 heteroatoms. The number of aromatic hydroxyl groups is 2. The number of methoxy groups -OCH3 is 1. The minimum absolute atomic E-state index is 0.00226. The number of aromatic nitrogens is 1. The van der Waals surface area contributed by atoms with Crippen LogP contribution in [0.1, 0.15) is 37.7 Å². The largest absolute Gasteiger partial charge is 0.507 e. The van der Waals surface area contributed by atoms with Gasteiger partial charge >= 0.3 is 0 Å². The molecule has 0 unspecified atom stereocenters. The molecule has 4 rings (SSSR count). The second-order valence-electron chi connectivity index (χ2n) is 8.70. The lowest BCUT2D eigenvalue weighted by atomic mass is 10.1. The Labute approximate surface area is 224 Å². The van der Waals surface area contributed by atoms with E-state index in [0.717, 1.165) is 17.4 Å². The summed E-state index contributed by atoms with van der Waals surface area (Å²) in [7, 11) is 3.30. The van der Waals surface area contributed by atoms with Crippen LogP contribution in [0.2, 0.25) is 5.02 Å². The summed E-state index contributed by atoms with van der Waals surface area (Å²) >= 11 is 5.99. The molecule has 2 N–H and O–H groups in total. The zero-order chi connectivity index (χ0) is 27.4. The minimum atomic E-state index is -0.589. The smallest absolute Gasteiger partial charge is 0.262 e. The zero-order valence-electron chi connectivity index (χ0n) is 21.0. The monoisotopic (exact) mass is 535 g/mol. The van der Waals surface area contributed by atoms with E-state index < -0.39 is 11.7 Å². The van der Waals surface area contributed by atoms with E-state index in [-0.39, 0.29) is 28.8 Å². The van der Waals surface area contributed by atoms with Gasteiger partial charge in [0.25, 0.3) is 11.8 Å². The molecule has 0 saturated carbocycles. The Morgan fingerprint density at radius 2 is 1.63 bits per heavy atom. The third-order valence-electron chi connectivity index (χ3n) is 5.88. The SMILES string of the molecule is COc1ccc(CN(C)C(=O)c2ccc(N(Cc3cc(C)no3)C(=O)c3cc(Cl)c(O)cc3O)cc2)cc1. The fourth-order valence-corrected chi connectivity index (χ4v) is 4.04. The fourth-order valence-electron chi connectivity index (χ4n) is 3.88. The number of amides is 2. The maximum Gasteiger partial charge on any atom is 0.262 e. The molecule has 4 aromatic rings. The van der Waals surface area contributed by atoms with Crippen molar-refractivity contribution in [2.24, 2.45) is 0 Å². The van der Waals surface area contributed by atoms with Crippen molar-refractivity contribution in [1.29, 1.82) is 0 Å². The average molecular weight is 536 g/mol. The number of halogens is 1. The molecule has 0 spiro atoms. The van der Waals surface area contributed by atoms with Gasteiger partial charge in [0.05, 0.1) is 29.9 Å². The quantitative estimate of drug-likeness (QED) is 0.319. The zero-order valence-corrected chi connectivity index (χ0v) is 21.8. The molecule has 3 aromatic carbocycles. The van der Waals surface area contributed by atoms with Crippen LogP contribution >= 0.6 is 11.6 Å². The van der Waals surface area contributed by atoms with Gasteiger partial charge in [-0.25, -0.2) is 0 Å². The highest BCUT2D eigenvalue weighted by molar-refractivity contribution is 6.32. The van der Waals surface area contributed by atoms with E-state index in [0.29, 0.717) is 29.2 Å². The van der Waals surface area contributed by atoms with Gasteiger partial charge < -0.3 is 29.3 Å². The highest BCUT2D eigenvalue weighted by Gasteiger charge is 2.24. The van der Waals surface area contributed by atoms with Gasteiger partial charge in [-0.15, -0.1) is 0 Å². The van der Waals surface area contributed by atoms with Crippen LogP contribution in [-0.4, -0.2) is 46.2 Å². The van der Waals surface area contributed by atoms with Gasteiger partial charge in [-0.05, 0) is 55.0 Å². The van der Waals surface area contributed by atoms with E-state index in [2.05, 4.69) is 5.16 Å². The Kier molecular flexibility index (Phi) is 7.87. The van der Waals surface area contributed by atoms with Crippen LogP contribution < -0.4 is 9.64 Å². The molecule has 0 aliphatic carbocycles. The summed E-state index contributed by atoms with van der Waals surface area (Å²) in [6.45, 7) is 2.16. The fraction of sp³-hybridized carbons (Fsp3) is 0.179. The van der Waals surface area contributed by atoms with Crippen LogP contribution in [0.4, 0.5) is 5.69 Å². The number of anilines is 1. The number of hydrogen-bond acceptors (Lipinski definition) is 7. The second kappa shape index (κ2) is 11.3. The van der Waals surface area contributed by atoms with E-state index in [1.807, 2.05) is 24.3 Å². The van der Waals surface area contributed by atoms with Gasteiger partial charge in [0.1, 0.15) is 17.2 Å². The number of aryl methyl sites for hydroxylation is 1.